The van der Waals surface area contributed by atoms with Gasteiger partial charge in [0.2, 0.25) is 11.8 Å². The number of rotatable bonds is 5. The number of hydrogen-bond donors (Lipinski definition) is 2. The van der Waals surface area contributed by atoms with Crippen LogP contribution in [0.15, 0.2) is 18.3 Å². The first-order valence-electron chi connectivity index (χ1n) is 7.04. The molecule has 2 heterocycles. The summed E-state index contributed by atoms with van der Waals surface area (Å²) < 4.78 is 5.39. The molecule has 1 amide bonds. The summed E-state index contributed by atoms with van der Waals surface area (Å²) in [6, 6.07) is 3.84. The summed E-state index contributed by atoms with van der Waals surface area (Å²) in [6.07, 6.45) is 3.54. The van der Waals surface area contributed by atoms with Crippen molar-refractivity contribution in [3.8, 4) is 5.88 Å². The number of anilines is 1. The maximum absolute atomic E-state index is 12.1. The lowest BCUT2D eigenvalue weighted by Crippen LogP contribution is -2.43. The van der Waals surface area contributed by atoms with E-state index in [1.807, 2.05) is 6.92 Å². The molecule has 1 aliphatic heterocycles. The van der Waals surface area contributed by atoms with Crippen LogP contribution >= 0.6 is 0 Å². The van der Waals surface area contributed by atoms with Crippen molar-refractivity contribution in [2.24, 2.45) is 5.73 Å². The smallest absolute Gasteiger partial charge is 0.238 e. The number of piperidine rings is 1. The van der Waals surface area contributed by atoms with E-state index in [1.54, 1.807) is 18.3 Å². The molecule has 110 valence electrons. The largest absolute Gasteiger partial charge is 0.476 e. The van der Waals surface area contributed by atoms with Gasteiger partial charge in [0.15, 0.2) is 0 Å². The van der Waals surface area contributed by atoms with Crippen LogP contribution in [0.5, 0.6) is 5.88 Å². The molecule has 0 aromatic carbocycles. The molecule has 0 spiro atoms. The zero-order chi connectivity index (χ0) is 14.4. The number of carbonyl (C=O) groups excluding carboxylic acids is 1. The SMILES string of the molecule is CCOc1ncccc1NC(=O)CN1CCC(N)CC1. The molecule has 1 aromatic heterocycles. The Morgan fingerprint density at radius 2 is 2.30 bits per heavy atom. The Morgan fingerprint density at radius 1 is 1.55 bits per heavy atom. The number of aromatic nitrogens is 1. The van der Waals surface area contributed by atoms with Crippen molar-refractivity contribution < 1.29 is 9.53 Å². The Morgan fingerprint density at radius 3 is 3.00 bits per heavy atom. The Kier molecular flexibility index (Phi) is 5.31. The van der Waals surface area contributed by atoms with Crippen molar-refractivity contribution in [1.82, 2.24) is 9.88 Å². The van der Waals surface area contributed by atoms with E-state index in [-0.39, 0.29) is 11.9 Å². The predicted octanol–water partition coefficient (Wildman–Crippen LogP) is 0.842. The highest BCUT2D eigenvalue weighted by atomic mass is 16.5. The first kappa shape index (κ1) is 14.7. The third kappa shape index (κ3) is 4.18. The fraction of sp³-hybridized carbons (Fsp3) is 0.571. The summed E-state index contributed by atoms with van der Waals surface area (Å²) in [5, 5.41) is 2.85. The molecule has 6 heteroatoms. The fourth-order valence-electron chi connectivity index (χ4n) is 2.24. The zero-order valence-electron chi connectivity index (χ0n) is 11.8. The zero-order valence-corrected chi connectivity index (χ0v) is 11.8. The quantitative estimate of drug-likeness (QED) is 0.834. The van der Waals surface area contributed by atoms with E-state index < -0.39 is 0 Å². The first-order chi connectivity index (χ1) is 9.69. The number of amides is 1. The first-order valence-corrected chi connectivity index (χ1v) is 7.04. The number of carbonyl (C=O) groups is 1. The molecular formula is C14H22N4O2. The third-order valence-electron chi connectivity index (χ3n) is 3.33. The minimum atomic E-state index is -0.0468. The van der Waals surface area contributed by atoms with E-state index in [9.17, 15) is 4.79 Å². The highest BCUT2D eigenvalue weighted by Crippen LogP contribution is 2.20. The van der Waals surface area contributed by atoms with Gasteiger partial charge in [0, 0.05) is 25.3 Å². The summed E-state index contributed by atoms with van der Waals surface area (Å²) >= 11 is 0. The molecule has 0 radical (unpaired) electrons. The Labute approximate surface area is 119 Å². The maximum atomic E-state index is 12.1. The Hall–Kier alpha value is -1.66. The molecule has 20 heavy (non-hydrogen) atoms. The van der Waals surface area contributed by atoms with E-state index >= 15 is 0 Å². The van der Waals surface area contributed by atoms with Crippen molar-refractivity contribution in [3.05, 3.63) is 18.3 Å². The molecule has 0 aliphatic carbocycles. The second-order valence-electron chi connectivity index (χ2n) is 4.95. The lowest BCUT2D eigenvalue weighted by Gasteiger charge is -2.29. The molecule has 1 saturated heterocycles. The van der Waals surface area contributed by atoms with Crippen LogP contribution in [0.2, 0.25) is 0 Å². The van der Waals surface area contributed by atoms with Gasteiger partial charge in [0.25, 0.3) is 0 Å². The van der Waals surface area contributed by atoms with Gasteiger partial charge in [-0.1, -0.05) is 0 Å². The number of nitrogens with two attached hydrogens (primary N) is 1. The summed E-state index contributed by atoms with van der Waals surface area (Å²) in [5.74, 6) is 0.415. The summed E-state index contributed by atoms with van der Waals surface area (Å²) in [5.41, 5.74) is 6.47. The summed E-state index contributed by atoms with van der Waals surface area (Å²) in [7, 11) is 0. The van der Waals surface area contributed by atoms with Gasteiger partial charge in [-0.25, -0.2) is 4.98 Å². The lowest BCUT2D eigenvalue weighted by atomic mass is 10.1. The van der Waals surface area contributed by atoms with E-state index in [1.165, 1.54) is 0 Å². The standard InChI is InChI=1S/C14H22N4O2/c1-2-20-14-12(4-3-7-16-14)17-13(19)10-18-8-5-11(15)6-9-18/h3-4,7,11H,2,5-6,8-10,15H2,1H3,(H,17,19). The number of pyridine rings is 1. The molecule has 3 N–H and O–H groups in total. The predicted molar refractivity (Wildman–Crippen MR) is 77.7 cm³/mol. The van der Waals surface area contributed by atoms with Crippen LogP contribution < -0.4 is 15.8 Å². The van der Waals surface area contributed by atoms with Crippen LogP contribution in [-0.4, -0.2) is 48.1 Å². The molecule has 1 fully saturated rings. The van der Waals surface area contributed by atoms with Gasteiger partial charge in [-0.05, 0) is 31.9 Å². The van der Waals surface area contributed by atoms with E-state index in [4.69, 9.17) is 10.5 Å². The van der Waals surface area contributed by atoms with Crippen molar-refractivity contribution in [3.63, 3.8) is 0 Å². The number of ether oxygens (including phenoxy) is 1. The average molecular weight is 278 g/mol. The minimum absolute atomic E-state index is 0.0468. The van der Waals surface area contributed by atoms with Gasteiger partial charge in [0.1, 0.15) is 5.69 Å². The number of hydrogen-bond acceptors (Lipinski definition) is 5. The molecule has 1 aliphatic rings. The molecule has 0 bridgehead atoms. The number of nitrogens with one attached hydrogen (secondary N) is 1. The van der Waals surface area contributed by atoms with Gasteiger partial charge in [-0.2, -0.15) is 0 Å². The Balaban J connectivity index is 1.88. The van der Waals surface area contributed by atoms with Crippen LogP contribution in [0.4, 0.5) is 5.69 Å². The maximum Gasteiger partial charge on any atom is 0.238 e. The van der Waals surface area contributed by atoms with Crippen LogP contribution in [0.25, 0.3) is 0 Å². The number of likely N-dealkylation sites (tertiary alicyclic amines) is 1. The third-order valence-corrected chi connectivity index (χ3v) is 3.33. The fourth-order valence-corrected chi connectivity index (χ4v) is 2.24. The summed E-state index contributed by atoms with van der Waals surface area (Å²) in [6.45, 7) is 4.54. The van der Waals surface area contributed by atoms with Gasteiger partial charge >= 0.3 is 0 Å². The molecule has 6 nitrogen and oxygen atoms in total. The van der Waals surface area contributed by atoms with Crippen LogP contribution in [0.3, 0.4) is 0 Å². The van der Waals surface area contributed by atoms with Crippen LogP contribution in [0, 0.1) is 0 Å². The highest BCUT2D eigenvalue weighted by molar-refractivity contribution is 5.93. The molecule has 0 saturated carbocycles. The van der Waals surface area contributed by atoms with E-state index in [2.05, 4.69) is 15.2 Å². The van der Waals surface area contributed by atoms with Gasteiger partial charge in [-0.15, -0.1) is 0 Å². The van der Waals surface area contributed by atoms with E-state index in [0.29, 0.717) is 24.7 Å². The van der Waals surface area contributed by atoms with Gasteiger partial charge < -0.3 is 15.8 Å². The normalized spacial score (nSPS) is 16.9. The topological polar surface area (TPSA) is 80.5 Å². The molecule has 1 aromatic rings. The summed E-state index contributed by atoms with van der Waals surface area (Å²) in [4.78, 5) is 18.3. The monoisotopic (exact) mass is 278 g/mol. The second kappa shape index (κ2) is 7.21. The molecule has 0 atom stereocenters. The molecular weight excluding hydrogens is 256 g/mol. The van der Waals surface area contributed by atoms with Crippen LogP contribution in [-0.2, 0) is 4.79 Å². The van der Waals surface area contributed by atoms with Crippen molar-refractivity contribution in [1.29, 1.82) is 0 Å². The Bertz CT molecular complexity index is 445. The second-order valence-corrected chi connectivity index (χ2v) is 4.95. The molecule has 0 unspecified atom stereocenters. The van der Waals surface area contributed by atoms with Crippen molar-refractivity contribution >= 4 is 11.6 Å². The molecule has 2 rings (SSSR count). The van der Waals surface area contributed by atoms with Gasteiger partial charge in [0.05, 0.1) is 13.2 Å². The lowest BCUT2D eigenvalue weighted by molar-refractivity contribution is -0.117. The van der Waals surface area contributed by atoms with Crippen LogP contribution in [0.1, 0.15) is 19.8 Å². The van der Waals surface area contributed by atoms with Crippen molar-refractivity contribution in [2.75, 3.05) is 31.6 Å². The number of nitrogens with zero attached hydrogens (tertiary/aromatic N) is 2. The minimum Gasteiger partial charge on any atom is -0.476 e. The average Bonchev–Trinajstić information content (AvgIpc) is 2.44. The van der Waals surface area contributed by atoms with E-state index in [0.717, 1.165) is 25.9 Å². The van der Waals surface area contributed by atoms with Gasteiger partial charge in [-0.3, -0.25) is 9.69 Å². The highest BCUT2D eigenvalue weighted by Gasteiger charge is 2.18. The van der Waals surface area contributed by atoms with Crippen molar-refractivity contribution in [2.45, 2.75) is 25.8 Å².